The molecule has 0 unspecified atom stereocenters. The molecule has 0 atom stereocenters. The van der Waals surface area contributed by atoms with Gasteiger partial charge in [0.25, 0.3) is 0 Å². The third kappa shape index (κ3) is 1.76. The van der Waals surface area contributed by atoms with Crippen molar-refractivity contribution in [2.45, 2.75) is 6.92 Å². The van der Waals surface area contributed by atoms with Crippen LogP contribution in [0.1, 0.15) is 14.5 Å². The SMILES string of the molecule is Cc1ccc(C(=O)I)s1. The van der Waals surface area contributed by atoms with Crippen molar-refractivity contribution in [1.29, 1.82) is 0 Å². The van der Waals surface area contributed by atoms with Crippen LogP contribution in [0.15, 0.2) is 12.1 Å². The van der Waals surface area contributed by atoms with Crippen LogP contribution in [0.2, 0.25) is 0 Å². The number of thiophene rings is 1. The molecule has 0 fully saturated rings. The van der Waals surface area contributed by atoms with E-state index in [4.69, 9.17) is 0 Å². The second-order valence-electron chi connectivity index (χ2n) is 1.68. The maximum absolute atomic E-state index is 10.7. The van der Waals surface area contributed by atoms with Crippen LogP contribution in [0.5, 0.6) is 0 Å². The molecule has 3 heteroatoms. The summed E-state index contributed by atoms with van der Waals surface area (Å²) in [4.78, 5) is 12.7. The molecule has 1 heterocycles. The van der Waals surface area contributed by atoms with Crippen LogP contribution in [0.3, 0.4) is 0 Å². The van der Waals surface area contributed by atoms with E-state index in [9.17, 15) is 4.79 Å². The van der Waals surface area contributed by atoms with Gasteiger partial charge in [-0.2, -0.15) is 0 Å². The molecular formula is C6H5IOS. The third-order valence-electron chi connectivity index (χ3n) is 0.934. The molecule has 0 radical (unpaired) electrons. The minimum absolute atomic E-state index is 0.130. The smallest absolute Gasteiger partial charge is 0.232 e. The highest BCUT2D eigenvalue weighted by atomic mass is 127. The van der Waals surface area contributed by atoms with Gasteiger partial charge in [0.2, 0.25) is 3.79 Å². The van der Waals surface area contributed by atoms with Crippen LogP contribution >= 0.6 is 33.9 Å². The Morgan fingerprint density at radius 1 is 1.67 bits per heavy atom. The molecular weight excluding hydrogens is 247 g/mol. The number of hydrogen-bond donors (Lipinski definition) is 0. The lowest BCUT2D eigenvalue weighted by atomic mass is 10.5. The van der Waals surface area contributed by atoms with Gasteiger partial charge in [-0.1, -0.05) is 0 Å². The van der Waals surface area contributed by atoms with E-state index in [0.29, 0.717) is 0 Å². The monoisotopic (exact) mass is 252 g/mol. The Bertz CT molecular complexity index is 229. The van der Waals surface area contributed by atoms with E-state index in [1.54, 1.807) is 22.6 Å². The van der Waals surface area contributed by atoms with Crippen molar-refractivity contribution in [3.8, 4) is 0 Å². The zero-order valence-corrected chi connectivity index (χ0v) is 7.82. The molecule has 1 aromatic heterocycles. The number of hydrogen-bond acceptors (Lipinski definition) is 2. The Morgan fingerprint density at radius 3 is 2.56 bits per heavy atom. The molecule has 1 rings (SSSR count). The van der Waals surface area contributed by atoms with Gasteiger partial charge in [0, 0.05) is 27.5 Å². The first-order chi connectivity index (χ1) is 4.20. The summed E-state index contributed by atoms with van der Waals surface area (Å²) in [6, 6.07) is 3.81. The molecule has 0 N–H and O–H groups in total. The molecule has 0 aromatic carbocycles. The molecule has 0 aliphatic rings. The molecule has 0 spiro atoms. The van der Waals surface area contributed by atoms with Gasteiger partial charge >= 0.3 is 0 Å². The molecule has 1 nitrogen and oxygen atoms in total. The van der Waals surface area contributed by atoms with Crippen molar-refractivity contribution in [1.82, 2.24) is 0 Å². The lowest BCUT2D eigenvalue weighted by Gasteiger charge is -1.79. The number of carbonyl (C=O) groups is 1. The fourth-order valence-electron chi connectivity index (χ4n) is 0.540. The third-order valence-corrected chi connectivity index (χ3v) is 2.88. The van der Waals surface area contributed by atoms with E-state index in [-0.39, 0.29) is 3.79 Å². The van der Waals surface area contributed by atoms with E-state index in [1.807, 2.05) is 19.1 Å². The molecule has 48 valence electrons. The Hall–Kier alpha value is 0.1000. The minimum Gasteiger partial charge on any atom is -0.281 e. The zero-order valence-electron chi connectivity index (χ0n) is 4.85. The van der Waals surface area contributed by atoms with E-state index in [2.05, 4.69) is 0 Å². The predicted octanol–water partition coefficient (Wildman–Crippen LogP) is 2.63. The highest BCUT2D eigenvalue weighted by Gasteiger charge is 2.01. The molecule has 0 aliphatic carbocycles. The standard InChI is InChI=1S/C6H5IOS/c1-4-2-3-5(9-4)6(7)8/h2-3H,1H3. The van der Waals surface area contributed by atoms with Crippen LogP contribution in [-0.2, 0) is 0 Å². The van der Waals surface area contributed by atoms with Gasteiger partial charge in [0.1, 0.15) is 0 Å². The molecule has 1 aromatic rings. The lowest BCUT2D eigenvalue weighted by Crippen LogP contribution is -1.76. The van der Waals surface area contributed by atoms with Gasteiger partial charge in [-0.25, -0.2) is 0 Å². The summed E-state index contributed by atoms with van der Waals surface area (Å²) in [5.41, 5.74) is 0. The minimum atomic E-state index is 0.130. The molecule has 0 saturated heterocycles. The average Bonchev–Trinajstić information content (AvgIpc) is 2.14. The zero-order chi connectivity index (χ0) is 6.85. The number of aryl methyl sites for hydroxylation is 1. The first-order valence-electron chi connectivity index (χ1n) is 2.46. The van der Waals surface area contributed by atoms with Crippen molar-refractivity contribution in [2.24, 2.45) is 0 Å². The first-order valence-corrected chi connectivity index (χ1v) is 4.36. The maximum Gasteiger partial charge on any atom is 0.232 e. The van der Waals surface area contributed by atoms with Gasteiger partial charge in [0.15, 0.2) is 0 Å². The largest absolute Gasteiger partial charge is 0.281 e. The van der Waals surface area contributed by atoms with E-state index in [1.165, 1.54) is 16.2 Å². The topological polar surface area (TPSA) is 17.1 Å². The van der Waals surface area contributed by atoms with Gasteiger partial charge in [0.05, 0.1) is 4.88 Å². The lowest BCUT2D eigenvalue weighted by molar-refractivity contribution is 0.110. The fraction of sp³-hybridized carbons (Fsp3) is 0.167. The highest BCUT2D eigenvalue weighted by molar-refractivity contribution is 14.1. The summed E-state index contributed by atoms with van der Waals surface area (Å²) in [6.07, 6.45) is 0. The summed E-state index contributed by atoms with van der Waals surface area (Å²) in [5, 5.41) is 0. The molecule has 0 aliphatic heterocycles. The normalized spacial score (nSPS) is 9.56. The summed E-state index contributed by atoms with van der Waals surface area (Å²) in [6.45, 7) is 1.99. The van der Waals surface area contributed by atoms with Crippen LogP contribution in [0, 0.1) is 6.92 Å². The summed E-state index contributed by atoms with van der Waals surface area (Å²) in [7, 11) is 0. The second kappa shape index (κ2) is 2.79. The van der Waals surface area contributed by atoms with Crippen molar-refractivity contribution < 1.29 is 4.79 Å². The molecule has 0 bridgehead atoms. The summed E-state index contributed by atoms with van der Waals surface area (Å²) >= 11 is 3.33. The molecule has 9 heavy (non-hydrogen) atoms. The predicted molar refractivity (Wildman–Crippen MR) is 47.4 cm³/mol. The number of halogens is 1. The quantitative estimate of drug-likeness (QED) is 0.554. The average molecular weight is 252 g/mol. The maximum atomic E-state index is 10.7. The molecule has 0 saturated carbocycles. The van der Waals surface area contributed by atoms with Gasteiger partial charge in [-0.3, -0.25) is 4.79 Å². The Balaban J connectivity index is 2.98. The molecule has 0 amide bonds. The van der Waals surface area contributed by atoms with Crippen molar-refractivity contribution >= 4 is 37.7 Å². The fourth-order valence-corrected chi connectivity index (χ4v) is 1.75. The number of carbonyl (C=O) groups excluding carboxylic acids is 1. The van der Waals surface area contributed by atoms with E-state index in [0.717, 1.165) is 4.88 Å². The highest BCUT2D eigenvalue weighted by Crippen LogP contribution is 2.17. The van der Waals surface area contributed by atoms with Crippen LogP contribution in [-0.4, -0.2) is 3.79 Å². The van der Waals surface area contributed by atoms with Crippen molar-refractivity contribution in [3.63, 3.8) is 0 Å². The summed E-state index contributed by atoms with van der Waals surface area (Å²) < 4.78 is 0.130. The first kappa shape index (κ1) is 7.21. The van der Waals surface area contributed by atoms with Crippen molar-refractivity contribution in [2.75, 3.05) is 0 Å². The second-order valence-corrected chi connectivity index (χ2v) is 3.95. The Morgan fingerprint density at radius 2 is 2.33 bits per heavy atom. The van der Waals surface area contributed by atoms with Crippen molar-refractivity contribution in [3.05, 3.63) is 21.9 Å². The Kier molecular flexibility index (Phi) is 2.23. The van der Waals surface area contributed by atoms with Gasteiger partial charge in [-0.05, 0) is 19.1 Å². The van der Waals surface area contributed by atoms with Crippen LogP contribution in [0.25, 0.3) is 0 Å². The Labute approximate surface area is 71.2 Å². The van der Waals surface area contributed by atoms with Gasteiger partial charge in [-0.15, -0.1) is 11.3 Å². The van der Waals surface area contributed by atoms with Crippen LogP contribution < -0.4 is 0 Å². The van der Waals surface area contributed by atoms with E-state index < -0.39 is 0 Å². The number of rotatable bonds is 1. The van der Waals surface area contributed by atoms with E-state index >= 15 is 0 Å². The summed E-state index contributed by atoms with van der Waals surface area (Å²) in [5.74, 6) is 0. The van der Waals surface area contributed by atoms with Crippen LogP contribution in [0.4, 0.5) is 0 Å². The van der Waals surface area contributed by atoms with Gasteiger partial charge < -0.3 is 0 Å².